The summed E-state index contributed by atoms with van der Waals surface area (Å²) in [5.74, 6) is -6.01. The van der Waals surface area contributed by atoms with Crippen LogP contribution >= 0.6 is 15.9 Å². The minimum Gasteiger partial charge on any atom is -0.497 e. The number of hydrogen-bond donors (Lipinski definition) is 0. The van der Waals surface area contributed by atoms with Crippen LogP contribution in [-0.4, -0.2) is 54.7 Å². The molecule has 2 aromatic carbocycles. The van der Waals surface area contributed by atoms with Crippen LogP contribution in [0.5, 0.6) is 11.5 Å². The third kappa shape index (κ3) is 3.34. The second-order valence-electron chi connectivity index (χ2n) is 11.1. The van der Waals surface area contributed by atoms with Gasteiger partial charge in [0.05, 0.1) is 60.2 Å². The van der Waals surface area contributed by atoms with E-state index >= 15 is 0 Å². The SMILES string of the molecule is CCOC(=O)C1=C(C)C2(Br)[C@@H]3C(=O)N(c4ccc(OC)cc4)C(=O)[C@H]3C1(C)[C@H]1C(=O)N(c3ccc(OC)cc3)C(=O)[C@@H]12. The Labute approximate surface area is 250 Å². The van der Waals surface area contributed by atoms with Gasteiger partial charge < -0.3 is 14.2 Å². The molecule has 2 aliphatic heterocycles. The van der Waals surface area contributed by atoms with Gasteiger partial charge in [-0.1, -0.05) is 22.9 Å². The van der Waals surface area contributed by atoms with Crippen LogP contribution in [0.15, 0.2) is 59.7 Å². The lowest BCUT2D eigenvalue weighted by Crippen LogP contribution is -2.67. The van der Waals surface area contributed by atoms with Crippen molar-refractivity contribution in [2.75, 3.05) is 30.6 Å². The number of methoxy groups -OCH3 is 2. The molecule has 3 aliphatic carbocycles. The topological polar surface area (TPSA) is 120 Å². The second kappa shape index (κ2) is 9.52. The molecule has 3 fully saturated rings. The fourth-order valence-electron chi connectivity index (χ4n) is 7.70. The van der Waals surface area contributed by atoms with Crippen molar-refractivity contribution in [1.29, 1.82) is 0 Å². The molecule has 1 saturated carbocycles. The largest absolute Gasteiger partial charge is 0.497 e. The van der Waals surface area contributed by atoms with Crippen LogP contribution in [-0.2, 0) is 28.7 Å². The Morgan fingerprint density at radius 2 is 1.14 bits per heavy atom. The van der Waals surface area contributed by atoms with E-state index in [4.69, 9.17) is 14.2 Å². The number of esters is 1. The molecule has 2 aromatic rings. The Balaban J connectivity index is 1.55. The molecule has 2 unspecified atom stereocenters. The normalized spacial score (nSPS) is 31.5. The van der Waals surface area contributed by atoms with E-state index in [-0.39, 0.29) is 12.2 Å². The van der Waals surface area contributed by atoms with Crippen molar-refractivity contribution in [2.24, 2.45) is 29.1 Å². The summed E-state index contributed by atoms with van der Waals surface area (Å²) in [4.78, 5) is 73.0. The number of rotatable bonds is 6. The fraction of sp³-hybridized carbons (Fsp3) is 0.387. The number of ether oxygens (including phenoxy) is 3. The fourth-order valence-corrected chi connectivity index (χ4v) is 8.82. The molecule has 2 saturated heterocycles. The molecule has 42 heavy (non-hydrogen) atoms. The van der Waals surface area contributed by atoms with E-state index in [0.717, 1.165) is 9.80 Å². The predicted molar refractivity (Wildman–Crippen MR) is 154 cm³/mol. The van der Waals surface area contributed by atoms with Crippen molar-refractivity contribution < 1.29 is 38.2 Å². The van der Waals surface area contributed by atoms with Gasteiger partial charge in [0.2, 0.25) is 23.6 Å². The first-order valence-electron chi connectivity index (χ1n) is 13.6. The molecule has 11 heteroatoms. The van der Waals surface area contributed by atoms with Crippen LogP contribution in [0, 0.1) is 29.1 Å². The van der Waals surface area contributed by atoms with Crippen molar-refractivity contribution in [2.45, 2.75) is 25.1 Å². The minimum absolute atomic E-state index is 0.0683. The predicted octanol–water partition coefficient (Wildman–Crippen LogP) is 3.66. The lowest BCUT2D eigenvalue weighted by molar-refractivity contribution is -0.152. The van der Waals surface area contributed by atoms with Crippen LogP contribution in [0.3, 0.4) is 0 Å². The summed E-state index contributed by atoms with van der Waals surface area (Å²) in [7, 11) is 3.02. The molecule has 0 spiro atoms. The maximum absolute atomic E-state index is 14.3. The van der Waals surface area contributed by atoms with E-state index in [1.165, 1.54) is 14.2 Å². The van der Waals surface area contributed by atoms with Gasteiger partial charge in [-0.3, -0.25) is 19.2 Å². The molecular weight excluding hydrogens is 608 g/mol. The number of carbonyl (C=O) groups is 5. The molecule has 4 amide bonds. The van der Waals surface area contributed by atoms with Gasteiger partial charge >= 0.3 is 5.97 Å². The highest BCUT2D eigenvalue weighted by atomic mass is 79.9. The molecule has 2 bridgehead atoms. The number of hydrogen-bond acceptors (Lipinski definition) is 8. The molecule has 218 valence electrons. The molecule has 5 aliphatic rings. The summed E-state index contributed by atoms with van der Waals surface area (Å²) in [5, 5.41) is 0. The van der Waals surface area contributed by atoms with Crippen molar-refractivity contribution in [3.05, 3.63) is 59.7 Å². The van der Waals surface area contributed by atoms with Crippen LogP contribution in [0.2, 0.25) is 0 Å². The zero-order valence-electron chi connectivity index (χ0n) is 23.7. The zero-order valence-corrected chi connectivity index (χ0v) is 25.3. The van der Waals surface area contributed by atoms with Gasteiger partial charge in [0.25, 0.3) is 0 Å². The Morgan fingerprint density at radius 1 is 0.762 bits per heavy atom. The third-order valence-electron chi connectivity index (χ3n) is 9.44. The molecule has 0 aromatic heterocycles. The summed E-state index contributed by atoms with van der Waals surface area (Å²) in [6.45, 7) is 5.05. The summed E-state index contributed by atoms with van der Waals surface area (Å²) < 4.78 is 14.4. The van der Waals surface area contributed by atoms with E-state index in [0.29, 0.717) is 28.4 Å². The molecule has 0 N–H and O–H groups in total. The van der Waals surface area contributed by atoms with Gasteiger partial charge in [-0.15, -0.1) is 0 Å². The van der Waals surface area contributed by atoms with Crippen molar-refractivity contribution in [3.8, 4) is 11.5 Å². The number of imide groups is 2. The highest BCUT2D eigenvalue weighted by molar-refractivity contribution is 9.10. The standard InChI is InChI=1S/C31H29BrN2O8/c1-6-42-29(39)20-15(2)31(32)23-21(25(35)33(27(23)37)16-7-11-18(40-4)12-8-16)30(20,3)22-24(31)28(38)34(26(22)36)17-9-13-19(41-5)14-10-17/h7-14,21-24H,6H2,1-5H3/t21-,22+,23-,24+,30?,31?. The first-order chi connectivity index (χ1) is 20.0. The van der Waals surface area contributed by atoms with Gasteiger partial charge in [0, 0.05) is 11.0 Å². The Morgan fingerprint density at radius 3 is 1.50 bits per heavy atom. The van der Waals surface area contributed by atoms with Gasteiger partial charge in [-0.2, -0.15) is 0 Å². The number of alkyl halides is 1. The number of amides is 4. The van der Waals surface area contributed by atoms with Crippen LogP contribution in [0.4, 0.5) is 11.4 Å². The average molecular weight is 637 g/mol. The maximum atomic E-state index is 14.3. The van der Waals surface area contributed by atoms with Gasteiger partial charge in [-0.25, -0.2) is 14.6 Å². The van der Waals surface area contributed by atoms with E-state index in [1.807, 2.05) is 0 Å². The van der Waals surface area contributed by atoms with Crippen LogP contribution < -0.4 is 19.3 Å². The number of anilines is 2. The van der Waals surface area contributed by atoms with E-state index < -0.39 is 63.0 Å². The first-order valence-corrected chi connectivity index (χ1v) is 14.4. The van der Waals surface area contributed by atoms with Crippen molar-refractivity contribution in [1.82, 2.24) is 0 Å². The molecule has 6 atom stereocenters. The molecular formula is C31H29BrN2O8. The average Bonchev–Trinajstić information content (AvgIpc) is 3.42. The lowest BCUT2D eigenvalue weighted by atomic mass is 9.43. The Kier molecular flexibility index (Phi) is 6.38. The monoisotopic (exact) mass is 636 g/mol. The van der Waals surface area contributed by atoms with Crippen molar-refractivity contribution in [3.63, 3.8) is 0 Å². The number of nitrogens with zero attached hydrogens (tertiary/aromatic N) is 2. The molecule has 10 nitrogen and oxygen atoms in total. The molecule has 2 heterocycles. The number of allylic oxidation sites excluding steroid dienone is 1. The number of benzene rings is 2. The zero-order chi connectivity index (χ0) is 30.3. The van der Waals surface area contributed by atoms with E-state index in [1.54, 1.807) is 69.3 Å². The number of carbonyl (C=O) groups excluding carboxylic acids is 5. The third-order valence-corrected chi connectivity index (χ3v) is 11.0. The highest BCUT2D eigenvalue weighted by Crippen LogP contribution is 2.72. The lowest BCUT2D eigenvalue weighted by Gasteiger charge is -2.59. The second-order valence-corrected chi connectivity index (χ2v) is 12.4. The molecule has 7 rings (SSSR count). The summed E-state index contributed by atoms with van der Waals surface area (Å²) in [6.07, 6.45) is 0. The van der Waals surface area contributed by atoms with Gasteiger partial charge in [0.15, 0.2) is 0 Å². The van der Waals surface area contributed by atoms with E-state index in [9.17, 15) is 24.0 Å². The maximum Gasteiger partial charge on any atom is 0.334 e. The van der Waals surface area contributed by atoms with Gasteiger partial charge in [0.1, 0.15) is 11.5 Å². The van der Waals surface area contributed by atoms with Crippen molar-refractivity contribution >= 4 is 56.9 Å². The van der Waals surface area contributed by atoms with Crippen LogP contribution in [0.1, 0.15) is 20.8 Å². The summed E-state index contributed by atoms with van der Waals surface area (Å²) in [6, 6.07) is 13.0. The van der Waals surface area contributed by atoms with E-state index in [2.05, 4.69) is 15.9 Å². The Hall–Kier alpha value is -3.99. The smallest absolute Gasteiger partial charge is 0.334 e. The number of halogens is 1. The quantitative estimate of drug-likeness (QED) is 0.268. The Bertz CT molecular complexity index is 1490. The van der Waals surface area contributed by atoms with Gasteiger partial charge in [-0.05, 0) is 68.0 Å². The molecule has 0 radical (unpaired) electrons. The summed E-state index contributed by atoms with van der Waals surface area (Å²) in [5.41, 5.74) is -0.279. The highest BCUT2D eigenvalue weighted by Gasteiger charge is 2.81. The summed E-state index contributed by atoms with van der Waals surface area (Å²) >= 11 is 3.77. The minimum atomic E-state index is -1.51. The van der Waals surface area contributed by atoms with Crippen LogP contribution in [0.25, 0.3) is 0 Å². The first kappa shape index (κ1) is 28.1.